The van der Waals surface area contributed by atoms with E-state index in [1.54, 1.807) is 35.9 Å². The van der Waals surface area contributed by atoms with E-state index in [2.05, 4.69) is 31.5 Å². The van der Waals surface area contributed by atoms with Crippen LogP contribution < -0.4 is 10.6 Å². The van der Waals surface area contributed by atoms with Crippen molar-refractivity contribution in [3.05, 3.63) is 45.3 Å². The molecule has 0 saturated heterocycles. The Morgan fingerprint density at radius 3 is 2.82 bits per heavy atom. The van der Waals surface area contributed by atoms with Gasteiger partial charge in [-0.15, -0.1) is 11.3 Å². The predicted molar refractivity (Wildman–Crippen MR) is 72.1 cm³/mol. The Balaban J connectivity index is 1.82. The van der Waals surface area contributed by atoms with Gasteiger partial charge in [-0.25, -0.2) is 4.79 Å². The van der Waals surface area contributed by atoms with E-state index < -0.39 is 0 Å². The van der Waals surface area contributed by atoms with Gasteiger partial charge in [0, 0.05) is 24.6 Å². The van der Waals surface area contributed by atoms with Gasteiger partial charge in [-0.3, -0.25) is 4.98 Å². The van der Waals surface area contributed by atoms with Crippen LogP contribution >= 0.6 is 27.3 Å². The summed E-state index contributed by atoms with van der Waals surface area (Å²) in [5.74, 6) is 0. The number of nitrogens with zero attached hydrogens (tertiary/aromatic N) is 1. The van der Waals surface area contributed by atoms with Crippen molar-refractivity contribution in [2.24, 2.45) is 0 Å². The Bertz CT molecular complexity index is 500. The minimum atomic E-state index is -0.224. The summed E-state index contributed by atoms with van der Waals surface area (Å²) in [5, 5.41) is 7.49. The van der Waals surface area contributed by atoms with Gasteiger partial charge in [0.1, 0.15) is 0 Å². The molecule has 0 fully saturated rings. The lowest BCUT2D eigenvalue weighted by Gasteiger charge is -2.05. The molecule has 17 heavy (non-hydrogen) atoms. The second kappa shape index (κ2) is 5.79. The van der Waals surface area contributed by atoms with E-state index in [4.69, 9.17) is 0 Å². The highest BCUT2D eigenvalue weighted by Crippen LogP contribution is 2.20. The van der Waals surface area contributed by atoms with Crippen LogP contribution in [0, 0.1) is 0 Å². The fourth-order valence-corrected chi connectivity index (χ4v) is 2.44. The van der Waals surface area contributed by atoms with E-state index in [0.717, 1.165) is 15.0 Å². The smallest absolute Gasteiger partial charge is 0.319 e. The number of rotatable bonds is 3. The summed E-state index contributed by atoms with van der Waals surface area (Å²) in [5.41, 5.74) is 1.80. The lowest BCUT2D eigenvalue weighted by Crippen LogP contribution is -2.27. The van der Waals surface area contributed by atoms with Crippen molar-refractivity contribution in [3.63, 3.8) is 0 Å². The SMILES string of the molecule is O=C(NCc1csc(Br)c1)Nc1ccncc1. The van der Waals surface area contributed by atoms with Crippen molar-refractivity contribution >= 4 is 39.0 Å². The minimum absolute atomic E-state index is 0.224. The van der Waals surface area contributed by atoms with E-state index in [-0.39, 0.29) is 6.03 Å². The number of aromatic nitrogens is 1. The summed E-state index contributed by atoms with van der Waals surface area (Å²) < 4.78 is 1.06. The third-order valence-electron chi connectivity index (χ3n) is 2.01. The van der Waals surface area contributed by atoms with Crippen molar-refractivity contribution < 1.29 is 4.79 Å². The third-order valence-corrected chi connectivity index (χ3v) is 3.57. The standard InChI is InChI=1S/C11H10BrN3OS/c12-10-5-8(7-17-10)6-14-11(16)15-9-1-3-13-4-2-9/h1-5,7H,6H2,(H2,13,14,15,16). The Hall–Kier alpha value is -1.40. The summed E-state index contributed by atoms with van der Waals surface area (Å²) in [7, 11) is 0. The second-order valence-electron chi connectivity index (χ2n) is 3.30. The summed E-state index contributed by atoms with van der Waals surface area (Å²) in [6.07, 6.45) is 3.26. The topological polar surface area (TPSA) is 54.0 Å². The lowest BCUT2D eigenvalue weighted by molar-refractivity contribution is 0.252. The largest absolute Gasteiger partial charge is 0.334 e. The van der Waals surface area contributed by atoms with Crippen LogP contribution in [0.5, 0.6) is 0 Å². The van der Waals surface area contributed by atoms with Crippen molar-refractivity contribution in [1.29, 1.82) is 0 Å². The van der Waals surface area contributed by atoms with Gasteiger partial charge in [0.25, 0.3) is 0 Å². The molecule has 2 heterocycles. The maximum atomic E-state index is 11.5. The van der Waals surface area contributed by atoms with Crippen LogP contribution in [0.1, 0.15) is 5.56 Å². The van der Waals surface area contributed by atoms with Crippen LogP contribution in [0.4, 0.5) is 10.5 Å². The first-order valence-electron chi connectivity index (χ1n) is 4.92. The number of carbonyl (C=O) groups excluding carboxylic acids is 1. The predicted octanol–water partition coefficient (Wildman–Crippen LogP) is 3.23. The molecule has 0 radical (unpaired) electrons. The first-order chi connectivity index (χ1) is 8.24. The second-order valence-corrected chi connectivity index (χ2v) is 5.59. The molecule has 0 aliphatic carbocycles. The maximum absolute atomic E-state index is 11.5. The summed E-state index contributed by atoms with van der Waals surface area (Å²) in [6, 6.07) is 5.23. The molecule has 2 rings (SSSR count). The summed E-state index contributed by atoms with van der Waals surface area (Å²) in [6.45, 7) is 0.513. The number of amides is 2. The molecule has 4 nitrogen and oxygen atoms in total. The first-order valence-corrected chi connectivity index (χ1v) is 6.59. The number of pyridine rings is 1. The zero-order chi connectivity index (χ0) is 12.1. The van der Waals surface area contributed by atoms with Gasteiger partial charge >= 0.3 is 6.03 Å². The number of hydrogen-bond acceptors (Lipinski definition) is 3. The van der Waals surface area contributed by atoms with Gasteiger partial charge in [0.05, 0.1) is 3.79 Å². The highest BCUT2D eigenvalue weighted by atomic mass is 79.9. The van der Waals surface area contributed by atoms with Crippen molar-refractivity contribution in [3.8, 4) is 0 Å². The van der Waals surface area contributed by atoms with Gasteiger partial charge in [0.15, 0.2) is 0 Å². The van der Waals surface area contributed by atoms with E-state index in [1.165, 1.54) is 0 Å². The molecule has 0 aliphatic heterocycles. The Morgan fingerprint density at radius 2 is 2.18 bits per heavy atom. The number of halogens is 1. The van der Waals surface area contributed by atoms with Gasteiger partial charge in [-0.2, -0.15) is 0 Å². The molecule has 0 aliphatic rings. The fraction of sp³-hybridized carbons (Fsp3) is 0.0909. The third kappa shape index (κ3) is 3.83. The Kier molecular flexibility index (Phi) is 4.11. The lowest BCUT2D eigenvalue weighted by atomic mass is 10.3. The van der Waals surface area contributed by atoms with Crippen LogP contribution in [0.15, 0.2) is 39.8 Å². The number of thiophene rings is 1. The van der Waals surface area contributed by atoms with Gasteiger partial charge in [0.2, 0.25) is 0 Å². The molecular weight excluding hydrogens is 302 g/mol. The maximum Gasteiger partial charge on any atom is 0.319 e. The number of urea groups is 1. The number of anilines is 1. The Labute approximate surface area is 111 Å². The number of carbonyl (C=O) groups is 1. The van der Waals surface area contributed by atoms with E-state index in [0.29, 0.717) is 6.54 Å². The molecule has 88 valence electrons. The highest BCUT2D eigenvalue weighted by molar-refractivity contribution is 9.11. The fourth-order valence-electron chi connectivity index (χ4n) is 1.23. The van der Waals surface area contributed by atoms with Crippen molar-refractivity contribution in [1.82, 2.24) is 10.3 Å². The number of hydrogen-bond donors (Lipinski definition) is 2. The first kappa shape index (κ1) is 12.1. The van der Waals surface area contributed by atoms with Crippen LogP contribution in [0.25, 0.3) is 0 Å². The normalized spacial score (nSPS) is 9.94. The zero-order valence-corrected chi connectivity index (χ0v) is 11.2. The van der Waals surface area contributed by atoms with Crippen LogP contribution in [0.3, 0.4) is 0 Å². The highest BCUT2D eigenvalue weighted by Gasteiger charge is 2.02. The molecule has 0 unspecified atom stereocenters. The molecule has 0 saturated carbocycles. The molecule has 2 aromatic rings. The van der Waals surface area contributed by atoms with Crippen molar-refractivity contribution in [2.45, 2.75) is 6.54 Å². The molecule has 2 N–H and O–H groups in total. The molecular formula is C11H10BrN3OS. The van der Waals surface area contributed by atoms with Gasteiger partial charge in [-0.05, 0) is 45.1 Å². The Morgan fingerprint density at radius 1 is 1.41 bits per heavy atom. The molecule has 0 bridgehead atoms. The van der Waals surface area contributed by atoms with E-state index in [1.807, 2.05) is 11.4 Å². The van der Waals surface area contributed by atoms with Crippen LogP contribution in [-0.4, -0.2) is 11.0 Å². The summed E-state index contributed by atoms with van der Waals surface area (Å²) in [4.78, 5) is 15.4. The average Bonchev–Trinajstić information content (AvgIpc) is 2.74. The molecule has 6 heteroatoms. The van der Waals surface area contributed by atoms with Crippen LogP contribution in [-0.2, 0) is 6.54 Å². The van der Waals surface area contributed by atoms with Crippen molar-refractivity contribution in [2.75, 3.05) is 5.32 Å². The van der Waals surface area contributed by atoms with E-state index in [9.17, 15) is 4.79 Å². The number of nitrogens with one attached hydrogen (secondary N) is 2. The quantitative estimate of drug-likeness (QED) is 0.914. The minimum Gasteiger partial charge on any atom is -0.334 e. The average molecular weight is 312 g/mol. The molecule has 0 atom stereocenters. The molecule has 2 amide bonds. The van der Waals surface area contributed by atoms with Gasteiger partial charge in [-0.1, -0.05) is 0 Å². The monoisotopic (exact) mass is 311 g/mol. The van der Waals surface area contributed by atoms with Crippen LogP contribution in [0.2, 0.25) is 0 Å². The molecule has 2 aromatic heterocycles. The summed E-state index contributed by atoms with van der Waals surface area (Å²) >= 11 is 4.97. The molecule has 0 aromatic carbocycles. The zero-order valence-electron chi connectivity index (χ0n) is 8.81. The van der Waals surface area contributed by atoms with Gasteiger partial charge < -0.3 is 10.6 Å². The molecule has 0 spiro atoms. The van der Waals surface area contributed by atoms with E-state index >= 15 is 0 Å².